The third-order valence-electron chi connectivity index (χ3n) is 3.55. The van der Waals surface area contributed by atoms with E-state index in [1.54, 1.807) is 18.8 Å². The number of nitrogens with zero attached hydrogens (tertiary/aromatic N) is 3. The van der Waals surface area contributed by atoms with Gasteiger partial charge >= 0.3 is 0 Å². The van der Waals surface area contributed by atoms with Gasteiger partial charge in [0.15, 0.2) is 10.9 Å². The largest absolute Gasteiger partial charge is 0.612 e. The van der Waals surface area contributed by atoms with E-state index in [1.807, 2.05) is 23.1 Å². The van der Waals surface area contributed by atoms with Crippen LogP contribution in [0.2, 0.25) is 0 Å². The van der Waals surface area contributed by atoms with Gasteiger partial charge in [-0.25, -0.2) is 4.98 Å². The minimum Gasteiger partial charge on any atom is -0.612 e. The van der Waals surface area contributed by atoms with Gasteiger partial charge in [0.2, 0.25) is 0 Å². The van der Waals surface area contributed by atoms with Gasteiger partial charge in [-0.3, -0.25) is 0 Å². The van der Waals surface area contributed by atoms with Crippen molar-refractivity contribution >= 4 is 16.9 Å². The molecule has 1 N–H and O–H groups in total. The van der Waals surface area contributed by atoms with Gasteiger partial charge in [0.05, 0.1) is 18.1 Å². The first-order chi connectivity index (χ1) is 9.70. The van der Waals surface area contributed by atoms with Crippen molar-refractivity contribution in [1.82, 2.24) is 9.97 Å². The van der Waals surface area contributed by atoms with Gasteiger partial charge in [0.1, 0.15) is 6.26 Å². The molecule has 0 aliphatic carbocycles. The monoisotopic (exact) mass is 286 g/mol. The van der Waals surface area contributed by atoms with Crippen LogP contribution in [0.25, 0.3) is 0 Å². The van der Waals surface area contributed by atoms with Crippen LogP contribution in [0.1, 0.15) is 17.3 Å². The quantitative estimate of drug-likeness (QED) is 0.872. The Balaban J connectivity index is 1.99. The van der Waals surface area contributed by atoms with Crippen LogP contribution in [-0.4, -0.2) is 27.3 Å². The Morgan fingerprint density at radius 1 is 1.55 bits per heavy atom. The predicted molar refractivity (Wildman–Crippen MR) is 76.8 cm³/mol. The Morgan fingerprint density at radius 2 is 2.40 bits per heavy atom. The molecular weight excluding hydrogens is 272 g/mol. The lowest BCUT2D eigenvalue weighted by atomic mass is 10.1. The second kappa shape index (κ2) is 5.19. The SMILES string of the molecule is C[S+]([O-])c1ccc2c(c1)N(C(C#N)c1c[nH]cn1)CC2. The summed E-state index contributed by atoms with van der Waals surface area (Å²) in [4.78, 5) is 9.88. The summed E-state index contributed by atoms with van der Waals surface area (Å²) in [5, 5.41) is 9.46. The fourth-order valence-corrected chi connectivity index (χ4v) is 3.08. The third-order valence-corrected chi connectivity index (χ3v) is 4.47. The van der Waals surface area contributed by atoms with Crippen LogP contribution in [0.3, 0.4) is 0 Å². The highest BCUT2D eigenvalue weighted by atomic mass is 32.2. The predicted octanol–water partition coefficient (Wildman–Crippen LogP) is 1.77. The number of hydrogen-bond donors (Lipinski definition) is 1. The molecular formula is C14H14N4OS. The highest BCUT2D eigenvalue weighted by molar-refractivity contribution is 7.90. The minimum atomic E-state index is -1.02. The highest BCUT2D eigenvalue weighted by Gasteiger charge is 2.29. The molecule has 0 radical (unpaired) electrons. The maximum Gasteiger partial charge on any atom is 0.161 e. The molecule has 6 heteroatoms. The summed E-state index contributed by atoms with van der Waals surface area (Å²) in [6.07, 6.45) is 5.88. The molecule has 2 unspecified atom stereocenters. The minimum absolute atomic E-state index is 0.414. The average Bonchev–Trinajstić information content (AvgIpc) is 3.09. The van der Waals surface area contributed by atoms with Crippen molar-refractivity contribution in [2.45, 2.75) is 17.4 Å². The zero-order valence-electron chi connectivity index (χ0n) is 11.0. The summed E-state index contributed by atoms with van der Waals surface area (Å²) >= 11 is -1.02. The fourth-order valence-electron chi connectivity index (χ4n) is 2.55. The first kappa shape index (κ1) is 13.0. The molecule has 20 heavy (non-hydrogen) atoms. The number of benzene rings is 1. The van der Waals surface area contributed by atoms with E-state index < -0.39 is 17.2 Å². The lowest BCUT2D eigenvalue weighted by Gasteiger charge is -2.24. The van der Waals surface area contributed by atoms with Crippen LogP contribution in [0.4, 0.5) is 5.69 Å². The first-order valence-electron chi connectivity index (χ1n) is 6.32. The molecule has 0 bridgehead atoms. The Kier molecular flexibility index (Phi) is 3.38. The van der Waals surface area contributed by atoms with Gasteiger partial charge in [-0.15, -0.1) is 0 Å². The number of nitrogens with one attached hydrogen (secondary N) is 1. The molecule has 2 heterocycles. The number of H-pyrrole nitrogens is 1. The molecule has 2 aromatic rings. The molecule has 0 saturated heterocycles. The van der Waals surface area contributed by atoms with Crippen molar-refractivity contribution in [2.24, 2.45) is 0 Å². The Hall–Kier alpha value is -1.97. The zero-order chi connectivity index (χ0) is 14.1. The number of fused-ring (bicyclic) bond motifs is 1. The summed E-state index contributed by atoms with van der Waals surface area (Å²) in [5.41, 5.74) is 2.89. The second-order valence-electron chi connectivity index (χ2n) is 4.71. The smallest absolute Gasteiger partial charge is 0.161 e. The molecule has 0 saturated carbocycles. The van der Waals surface area contributed by atoms with Crippen LogP contribution in [0.5, 0.6) is 0 Å². The number of rotatable bonds is 3. The van der Waals surface area contributed by atoms with Gasteiger partial charge in [-0.1, -0.05) is 6.07 Å². The third kappa shape index (κ3) is 2.15. The number of anilines is 1. The maximum atomic E-state index is 11.6. The maximum absolute atomic E-state index is 11.6. The number of imidazole rings is 1. The van der Waals surface area contributed by atoms with Crippen LogP contribution in [-0.2, 0) is 17.6 Å². The standard InChI is InChI=1S/C14H14N4OS/c1-20(19)11-3-2-10-4-5-18(13(10)6-11)14(7-15)12-8-16-9-17-12/h2-3,6,8-9,14H,4-5H2,1H3,(H,16,17). The molecule has 1 aliphatic rings. The van der Waals surface area contributed by atoms with Crippen molar-refractivity contribution in [2.75, 3.05) is 17.7 Å². The van der Waals surface area contributed by atoms with E-state index in [4.69, 9.17) is 0 Å². The Morgan fingerprint density at radius 3 is 3.05 bits per heavy atom. The molecule has 0 amide bonds. The van der Waals surface area contributed by atoms with Crippen LogP contribution in [0, 0.1) is 11.3 Å². The van der Waals surface area contributed by atoms with Crippen molar-refractivity contribution in [1.29, 1.82) is 5.26 Å². The summed E-state index contributed by atoms with van der Waals surface area (Å²) in [5.74, 6) is 0. The summed E-state index contributed by atoms with van der Waals surface area (Å²) in [6.45, 7) is 0.778. The van der Waals surface area contributed by atoms with Gasteiger partial charge in [0.25, 0.3) is 0 Å². The molecule has 2 atom stereocenters. The van der Waals surface area contributed by atoms with E-state index in [1.165, 1.54) is 5.56 Å². The van der Waals surface area contributed by atoms with Crippen LogP contribution < -0.4 is 4.90 Å². The Labute approximate surface area is 120 Å². The van der Waals surface area contributed by atoms with Gasteiger partial charge < -0.3 is 14.4 Å². The second-order valence-corrected chi connectivity index (χ2v) is 6.09. The molecule has 1 aliphatic heterocycles. The van der Waals surface area contributed by atoms with Crippen molar-refractivity contribution < 1.29 is 4.55 Å². The van der Waals surface area contributed by atoms with Crippen molar-refractivity contribution in [3.8, 4) is 6.07 Å². The topological polar surface area (TPSA) is 78.8 Å². The van der Waals surface area contributed by atoms with E-state index in [-0.39, 0.29) is 0 Å². The molecule has 0 spiro atoms. The highest BCUT2D eigenvalue weighted by Crippen LogP contribution is 2.35. The lowest BCUT2D eigenvalue weighted by molar-refractivity contribution is 0.601. The van der Waals surface area contributed by atoms with E-state index in [2.05, 4.69) is 16.0 Å². The van der Waals surface area contributed by atoms with Gasteiger partial charge in [0, 0.05) is 24.5 Å². The zero-order valence-corrected chi connectivity index (χ0v) is 11.9. The van der Waals surface area contributed by atoms with Crippen LogP contribution >= 0.6 is 0 Å². The average molecular weight is 286 g/mol. The molecule has 5 nitrogen and oxygen atoms in total. The fraction of sp³-hybridized carbons (Fsp3) is 0.286. The summed E-state index contributed by atoms with van der Waals surface area (Å²) in [6, 6.07) is 7.72. The van der Waals surface area contributed by atoms with Gasteiger partial charge in [-0.05, 0) is 29.2 Å². The van der Waals surface area contributed by atoms with E-state index >= 15 is 0 Å². The Bertz CT molecular complexity index is 648. The molecule has 102 valence electrons. The van der Waals surface area contributed by atoms with E-state index in [9.17, 15) is 9.81 Å². The van der Waals surface area contributed by atoms with Gasteiger partial charge in [-0.2, -0.15) is 5.26 Å². The first-order valence-corrected chi connectivity index (χ1v) is 7.88. The van der Waals surface area contributed by atoms with E-state index in [0.717, 1.165) is 23.5 Å². The number of nitriles is 1. The molecule has 3 rings (SSSR count). The van der Waals surface area contributed by atoms with E-state index in [0.29, 0.717) is 5.69 Å². The molecule has 1 aromatic heterocycles. The summed E-state index contributed by atoms with van der Waals surface area (Å²) in [7, 11) is 0. The lowest BCUT2D eigenvalue weighted by Crippen LogP contribution is -2.26. The molecule has 0 fully saturated rings. The normalized spacial score (nSPS) is 16.6. The number of aromatic amines is 1. The van der Waals surface area contributed by atoms with Crippen LogP contribution in [0.15, 0.2) is 35.6 Å². The van der Waals surface area contributed by atoms with Crippen molar-refractivity contribution in [3.63, 3.8) is 0 Å². The number of hydrogen-bond acceptors (Lipinski definition) is 4. The molecule has 1 aromatic carbocycles. The van der Waals surface area contributed by atoms with Crippen molar-refractivity contribution in [3.05, 3.63) is 42.0 Å². The number of aromatic nitrogens is 2. The summed E-state index contributed by atoms with van der Waals surface area (Å²) < 4.78 is 11.6.